The summed E-state index contributed by atoms with van der Waals surface area (Å²) in [7, 11) is 0. The Kier molecular flexibility index (Phi) is 8.73. The van der Waals surface area contributed by atoms with Crippen molar-refractivity contribution in [1.82, 2.24) is 10.2 Å². The van der Waals surface area contributed by atoms with Gasteiger partial charge in [-0.1, -0.05) is 37.0 Å². The van der Waals surface area contributed by atoms with E-state index in [2.05, 4.69) is 18.5 Å². The first kappa shape index (κ1) is 18.9. The molecular weight excluding hydrogens is 288 g/mol. The van der Waals surface area contributed by atoms with Gasteiger partial charge < -0.3 is 10.2 Å². The van der Waals surface area contributed by atoms with Crippen LogP contribution in [0.4, 0.5) is 0 Å². The molecule has 1 fully saturated rings. The Balaban J connectivity index is 2.40. The fourth-order valence-corrected chi connectivity index (χ4v) is 2.37. The maximum absolute atomic E-state index is 12.3. The fourth-order valence-electron chi connectivity index (χ4n) is 2.37. The van der Waals surface area contributed by atoms with Gasteiger partial charge in [-0.25, -0.2) is 0 Å². The highest BCUT2D eigenvalue weighted by Gasteiger charge is 2.38. The maximum Gasteiger partial charge on any atom is 0.251 e. The summed E-state index contributed by atoms with van der Waals surface area (Å²) in [5.74, 6) is 0.415. The highest BCUT2D eigenvalue weighted by molar-refractivity contribution is 5.96. The summed E-state index contributed by atoms with van der Waals surface area (Å²) in [6, 6.07) is 0.225. The van der Waals surface area contributed by atoms with Crippen molar-refractivity contribution in [2.24, 2.45) is 5.92 Å². The van der Waals surface area contributed by atoms with E-state index in [9.17, 15) is 9.59 Å². The lowest BCUT2D eigenvalue weighted by atomic mass is 10.1. The van der Waals surface area contributed by atoms with Crippen LogP contribution in [0.3, 0.4) is 0 Å². The van der Waals surface area contributed by atoms with Crippen LogP contribution in [-0.4, -0.2) is 36.3 Å². The third-order valence-electron chi connectivity index (χ3n) is 3.98. The van der Waals surface area contributed by atoms with Gasteiger partial charge in [-0.05, 0) is 38.5 Å². The van der Waals surface area contributed by atoms with Crippen LogP contribution < -0.4 is 5.32 Å². The Morgan fingerprint density at radius 2 is 2.13 bits per heavy atom. The van der Waals surface area contributed by atoms with E-state index in [-0.39, 0.29) is 11.9 Å². The van der Waals surface area contributed by atoms with Crippen molar-refractivity contribution in [3.63, 3.8) is 0 Å². The van der Waals surface area contributed by atoms with Gasteiger partial charge in [0, 0.05) is 24.7 Å². The number of rotatable bonds is 12. The Hall–Kier alpha value is -2.10. The first-order valence-electron chi connectivity index (χ1n) is 8.26. The second-order valence-electron chi connectivity index (χ2n) is 5.72. The lowest BCUT2D eigenvalue weighted by Gasteiger charge is -2.14. The summed E-state index contributed by atoms with van der Waals surface area (Å²) in [5.41, 5.74) is 0.623. The average Bonchev–Trinajstić information content (AvgIpc) is 3.29. The highest BCUT2D eigenvalue weighted by Crippen LogP contribution is 2.33. The number of carbonyl (C=O) groups is 2. The third kappa shape index (κ3) is 7.13. The molecule has 0 aromatic carbocycles. The molecule has 2 atom stereocenters. The predicted octanol–water partition coefficient (Wildman–Crippen LogP) is 2.99. The average molecular weight is 316 g/mol. The first-order valence-corrected chi connectivity index (χ1v) is 8.26. The van der Waals surface area contributed by atoms with Crippen molar-refractivity contribution >= 4 is 12.3 Å². The van der Waals surface area contributed by atoms with Gasteiger partial charge >= 0.3 is 0 Å². The largest absolute Gasteiger partial charge is 0.349 e. The normalized spacial score (nSPS) is 20.1. The number of allylic oxidation sites excluding steroid dienone is 4. The number of amides is 2. The third-order valence-corrected chi connectivity index (χ3v) is 3.98. The van der Waals surface area contributed by atoms with Crippen molar-refractivity contribution in [3.8, 4) is 0 Å². The molecule has 4 nitrogen and oxygen atoms in total. The van der Waals surface area contributed by atoms with E-state index in [1.54, 1.807) is 17.1 Å². The Bertz CT molecular complexity index is 480. The number of hydrogen-bond acceptors (Lipinski definition) is 2. The molecule has 0 bridgehead atoms. The minimum absolute atomic E-state index is 0.0602. The van der Waals surface area contributed by atoms with Gasteiger partial charge in [0.2, 0.25) is 6.41 Å². The maximum atomic E-state index is 12.3. The van der Waals surface area contributed by atoms with E-state index in [4.69, 9.17) is 0 Å². The van der Waals surface area contributed by atoms with Crippen molar-refractivity contribution in [1.29, 1.82) is 0 Å². The molecule has 0 saturated heterocycles. The van der Waals surface area contributed by atoms with E-state index in [1.807, 2.05) is 25.2 Å². The zero-order chi connectivity index (χ0) is 17.1. The Morgan fingerprint density at radius 1 is 1.35 bits per heavy atom. The topological polar surface area (TPSA) is 49.4 Å². The molecule has 1 N–H and O–H groups in total. The summed E-state index contributed by atoms with van der Waals surface area (Å²) in [5, 5.41) is 3.06. The van der Waals surface area contributed by atoms with Crippen LogP contribution >= 0.6 is 0 Å². The van der Waals surface area contributed by atoms with Crippen LogP contribution in [-0.2, 0) is 9.59 Å². The molecule has 23 heavy (non-hydrogen) atoms. The van der Waals surface area contributed by atoms with Crippen LogP contribution in [0, 0.1) is 5.92 Å². The molecule has 2 amide bonds. The number of nitrogens with one attached hydrogen (secondary N) is 1. The van der Waals surface area contributed by atoms with E-state index in [1.165, 1.54) is 0 Å². The zero-order valence-corrected chi connectivity index (χ0v) is 14.0. The summed E-state index contributed by atoms with van der Waals surface area (Å²) in [4.78, 5) is 24.8. The molecule has 0 radical (unpaired) electrons. The van der Waals surface area contributed by atoms with Crippen LogP contribution in [0.5, 0.6) is 0 Å². The van der Waals surface area contributed by atoms with Crippen molar-refractivity contribution in [3.05, 3.63) is 49.1 Å². The molecule has 4 heteroatoms. The summed E-state index contributed by atoms with van der Waals surface area (Å²) in [6.45, 7) is 10.8. The van der Waals surface area contributed by atoms with Gasteiger partial charge in [0.15, 0.2) is 0 Å². The second kappa shape index (κ2) is 10.6. The van der Waals surface area contributed by atoms with Gasteiger partial charge in [0.05, 0.1) is 0 Å². The molecule has 1 rings (SSSR count). The number of carbonyl (C=O) groups excluding carboxylic acids is 2. The minimum atomic E-state index is -0.0602. The Morgan fingerprint density at radius 3 is 2.74 bits per heavy atom. The first-order chi connectivity index (χ1) is 11.2. The molecule has 0 aromatic rings. The predicted molar refractivity (Wildman–Crippen MR) is 94.8 cm³/mol. The SMILES string of the molecule is C=C/C=C(\C=C\CCC=C)C(=O)NC1CC1CCN(C=O)CC. The highest BCUT2D eigenvalue weighted by atomic mass is 16.2. The fraction of sp³-hybridized carbons (Fsp3) is 0.474. The van der Waals surface area contributed by atoms with Crippen LogP contribution in [0.2, 0.25) is 0 Å². The standard InChI is InChI=1S/C19H28N2O2/c1-4-7-8-9-11-16(10-5-2)19(23)20-18-14-17(18)12-13-21(6-3)15-22/h4-5,9-11,15,17-18H,1-2,6-8,12-14H2,3H3,(H,20,23)/b11-9+,16-10+. The van der Waals surface area contributed by atoms with Crippen molar-refractivity contribution < 1.29 is 9.59 Å². The van der Waals surface area contributed by atoms with Crippen LogP contribution in [0.15, 0.2) is 49.1 Å². The molecule has 0 heterocycles. The smallest absolute Gasteiger partial charge is 0.251 e. The Labute approximate surface area is 139 Å². The zero-order valence-electron chi connectivity index (χ0n) is 14.0. The summed E-state index contributed by atoms with van der Waals surface area (Å²) in [6.07, 6.45) is 13.6. The van der Waals surface area contributed by atoms with Gasteiger partial charge in [0.25, 0.3) is 5.91 Å². The molecule has 0 aromatic heterocycles. The van der Waals surface area contributed by atoms with Gasteiger partial charge in [0.1, 0.15) is 0 Å². The molecule has 2 unspecified atom stereocenters. The molecule has 1 aliphatic rings. The molecule has 126 valence electrons. The molecule has 1 aliphatic carbocycles. The molecular formula is C19H28N2O2. The van der Waals surface area contributed by atoms with Gasteiger partial charge in [-0.3, -0.25) is 9.59 Å². The number of unbranched alkanes of at least 4 members (excludes halogenated alkanes) is 1. The molecule has 0 spiro atoms. The quantitative estimate of drug-likeness (QED) is 0.198. The number of hydrogen-bond donors (Lipinski definition) is 1. The van der Waals surface area contributed by atoms with E-state index < -0.39 is 0 Å². The lowest BCUT2D eigenvalue weighted by molar-refractivity contribution is -0.118. The van der Waals surface area contributed by atoms with Gasteiger partial charge in [-0.2, -0.15) is 0 Å². The summed E-state index contributed by atoms with van der Waals surface area (Å²) >= 11 is 0. The molecule has 1 saturated carbocycles. The molecule has 0 aliphatic heterocycles. The van der Waals surface area contributed by atoms with E-state index in [0.717, 1.165) is 45.2 Å². The van der Waals surface area contributed by atoms with E-state index in [0.29, 0.717) is 11.5 Å². The van der Waals surface area contributed by atoms with Crippen molar-refractivity contribution in [2.75, 3.05) is 13.1 Å². The van der Waals surface area contributed by atoms with Crippen LogP contribution in [0.1, 0.15) is 32.6 Å². The summed E-state index contributed by atoms with van der Waals surface area (Å²) < 4.78 is 0. The number of nitrogens with zero attached hydrogens (tertiary/aromatic N) is 1. The van der Waals surface area contributed by atoms with Crippen molar-refractivity contribution in [2.45, 2.75) is 38.6 Å². The second-order valence-corrected chi connectivity index (χ2v) is 5.72. The minimum Gasteiger partial charge on any atom is -0.349 e. The lowest BCUT2D eigenvalue weighted by Crippen LogP contribution is -2.29. The van der Waals surface area contributed by atoms with Crippen LogP contribution in [0.25, 0.3) is 0 Å². The van der Waals surface area contributed by atoms with Gasteiger partial charge in [-0.15, -0.1) is 6.58 Å². The van der Waals surface area contributed by atoms with E-state index >= 15 is 0 Å². The monoisotopic (exact) mass is 316 g/mol.